The van der Waals surface area contributed by atoms with E-state index in [2.05, 4.69) is 5.32 Å². The Bertz CT molecular complexity index is 346. The van der Waals surface area contributed by atoms with Crippen LogP contribution in [0.4, 0.5) is 0 Å². The summed E-state index contributed by atoms with van der Waals surface area (Å²) in [7, 11) is 1.42. The molecule has 0 spiro atoms. The Morgan fingerprint density at radius 1 is 1.53 bits per heavy atom. The molecule has 3 amide bonds. The summed E-state index contributed by atoms with van der Waals surface area (Å²) in [6.45, 7) is 3.66. The van der Waals surface area contributed by atoms with Gasteiger partial charge in [-0.05, 0) is 20.3 Å². The highest BCUT2D eigenvalue weighted by Gasteiger charge is 2.36. The molecule has 1 heterocycles. The van der Waals surface area contributed by atoms with Gasteiger partial charge in [-0.15, -0.1) is 0 Å². The molecule has 1 saturated heterocycles. The van der Waals surface area contributed by atoms with Crippen molar-refractivity contribution in [3.63, 3.8) is 0 Å². The van der Waals surface area contributed by atoms with Crippen molar-refractivity contribution >= 4 is 17.7 Å². The van der Waals surface area contributed by atoms with Crippen molar-refractivity contribution in [3.05, 3.63) is 0 Å². The van der Waals surface area contributed by atoms with Gasteiger partial charge in [0.25, 0.3) is 5.91 Å². The summed E-state index contributed by atoms with van der Waals surface area (Å²) in [6.07, 6.45) is 0.835. The fraction of sp³-hybridized carbons (Fsp3) is 0.727. The van der Waals surface area contributed by atoms with Crippen LogP contribution in [0.25, 0.3) is 0 Å². The second-order valence-electron chi connectivity index (χ2n) is 5.10. The molecule has 1 rings (SSSR count). The summed E-state index contributed by atoms with van der Waals surface area (Å²) in [4.78, 5) is 35.3. The largest absolute Gasteiger partial charge is 0.344 e. The third-order valence-corrected chi connectivity index (χ3v) is 2.71. The van der Waals surface area contributed by atoms with Crippen molar-refractivity contribution < 1.29 is 14.4 Å². The van der Waals surface area contributed by atoms with Gasteiger partial charge in [-0.25, -0.2) is 0 Å². The van der Waals surface area contributed by atoms with Gasteiger partial charge in [-0.3, -0.25) is 19.3 Å². The Morgan fingerprint density at radius 2 is 2.12 bits per heavy atom. The lowest BCUT2D eigenvalue weighted by atomic mass is 10.00. The van der Waals surface area contributed by atoms with E-state index in [4.69, 9.17) is 5.73 Å². The summed E-state index contributed by atoms with van der Waals surface area (Å²) < 4.78 is 0. The molecule has 6 heteroatoms. The Morgan fingerprint density at radius 3 is 2.53 bits per heavy atom. The number of nitrogens with one attached hydrogen (secondary N) is 1. The third-order valence-electron chi connectivity index (χ3n) is 2.71. The van der Waals surface area contributed by atoms with Gasteiger partial charge in [0.05, 0.1) is 6.42 Å². The van der Waals surface area contributed by atoms with E-state index >= 15 is 0 Å². The molecule has 1 aliphatic heterocycles. The number of hydrogen-bond acceptors (Lipinski definition) is 4. The average Bonchev–Trinajstić information content (AvgIpc) is 2.43. The van der Waals surface area contributed by atoms with Gasteiger partial charge in [0, 0.05) is 19.0 Å². The third kappa shape index (κ3) is 3.81. The summed E-state index contributed by atoms with van der Waals surface area (Å²) >= 11 is 0. The van der Waals surface area contributed by atoms with Crippen molar-refractivity contribution in [2.24, 2.45) is 5.73 Å². The summed E-state index contributed by atoms with van der Waals surface area (Å²) in [6, 6.07) is -0.708. The van der Waals surface area contributed by atoms with Gasteiger partial charge in [0.2, 0.25) is 11.8 Å². The second-order valence-corrected chi connectivity index (χ2v) is 5.10. The first kappa shape index (κ1) is 13.6. The minimum absolute atomic E-state index is 0.0487. The highest BCUT2D eigenvalue weighted by molar-refractivity contribution is 6.06. The standard InChI is InChI=1S/C11H19N3O3/c1-11(2,12)5-4-8(15)13-7-6-9(16)14(3)10(7)17/h7H,4-6,12H2,1-3H3,(H,13,15). The van der Waals surface area contributed by atoms with Crippen molar-refractivity contribution in [2.75, 3.05) is 7.05 Å². The molecule has 0 aromatic heterocycles. The van der Waals surface area contributed by atoms with Crippen LogP contribution in [0.5, 0.6) is 0 Å². The number of carbonyl (C=O) groups excluding carboxylic acids is 3. The Kier molecular flexibility index (Phi) is 3.87. The maximum atomic E-state index is 11.6. The zero-order valence-electron chi connectivity index (χ0n) is 10.4. The molecule has 0 aromatic rings. The van der Waals surface area contributed by atoms with Crippen molar-refractivity contribution in [3.8, 4) is 0 Å². The molecule has 0 bridgehead atoms. The van der Waals surface area contributed by atoms with Crippen molar-refractivity contribution in [1.82, 2.24) is 10.2 Å². The molecule has 96 valence electrons. The van der Waals surface area contributed by atoms with Crippen LogP contribution in [0.15, 0.2) is 0 Å². The number of nitrogens with zero attached hydrogens (tertiary/aromatic N) is 1. The Hall–Kier alpha value is -1.43. The number of carbonyl (C=O) groups is 3. The molecule has 1 fully saturated rings. The molecule has 17 heavy (non-hydrogen) atoms. The van der Waals surface area contributed by atoms with Crippen LogP contribution in [-0.2, 0) is 14.4 Å². The molecular weight excluding hydrogens is 222 g/mol. The van der Waals surface area contributed by atoms with Gasteiger partial charge >= 0.3 is 0 Å². The minimum Gasteiger partial charge on any atom is -0.344 e. The van der Waals surface area contributed by atoms with Crippen LogP contribution >= 0.6 is 0 Å². The van der Waals surface area contributed by atoms with Crippen molar-refractivity contribution in [1.29, 1.82) is 0 Å². The predicted molar refractivity (Wildman–Crippen MR) is 61.8 cm³/mol. The normalized spacial score (nSPS) is 20.9. The SMILES string of the molecule is CN1C(=O)CC(NC(=O)CCC(C)(C)N)C1=O. The highest BCUT2D eigenvalue weighted by Crippen LogP contribution is 2.12. The van der Waals surface area contributed by atoms with E-state index in [1.54, 1.807) is 0 Å². The number of imide groups is 1. The lowest BCUT2D eigenvalue weighted by Gasteiger charge is -2.18. The first-order chi connectivity index (χ1) is 7.70. The topological polar surface area (TPSA) is 92.5 Å². The van der Waals surface area contributed by atoms with E-state index in [0.29, 0.717) is 6.42 Å². The van der Waals surface area contributed by atoms with E-state index in [9.17, 15) is 14.4 Å². The molecule has 6 nitrogen and oxygen atoms in total. The predicted octanol–water partition coefficient (Wildman–Crippen LogP) is -0.623. The molecule has 0 aromatic carbocycles. The number of hydrogen-bond donors (Lipinski definition) is 2. The van der Waals surface area contributed by atoms with Gasteiger partial charge in [-0.1, -0.05) is 0 Å². The smallest absolute Gasteiger partial charge is 0.252 e. The fourth-order valence-electron chi connectivity index (χ4n) is 1.57. The first-order valence-electron chi connectivity index (χ1n) is 5.59. The zero-order valence-corrected chi connectivity index (χ0v) is 10.4. The van der Waals surface area contributed by atoms with E-state index in [1.807, 2.05) is 13.8 Å². The molecule has 1 aliphatic rings. The zero-order chi connectivity index (χ0) is 13.2. The minimum atomic E-state index is -0.708. The van der Waals surface area contributed by atoms with Gasteiger partial charge in [0.1, 0.15) is 6.04 Å². The van der Waals surface area contributed by atoms with Gasteiger partial charge in [0.15, 0.2) is 0 Å². The molecule has 3 N–H and O–H groups in total. The van der Waals surface area contributed by atoms with Crippen LogP contribution in [0.2, 0.25) is 0 Å². The summed E-state index contributed by atoms with van der Waals surface area (Å²) in [5, 5.41) is 2.56. The Labute approximate surface area is 101 Å². The molecule has 1 unspecified atom stereocenters. The molecule has 1 atom stereocenters. The summed E-state index contributed by atoms with van der Waals surface area (Å²) in [5.41, 5.74) is 5.34. The van der Waals surface area contributed by atoms with E-state index in [-0.39, 0.29) is 30.6 Å². The van der Waals surface area contributed by atoms with Crippen LogP contribution in [0.1, 0.15) is 33.1 Å². The number of rotatable bonds is 4. The first-order valence-corrected chi connectivity index (χ1v) is 5.59. The van der Waals surface area contributed by atoms with Crippen LogP contribution in [0, 0.1) is 0 Å². The molecule has 0 saturated carbocycles. The number of nitrogens with two attached hydrogens (primary N) is 1. The molecule has 0 aliphatic carbocycles. The van der Waals surface area contributed by atoms with Crippen LogP contribution < -0.4 is 11.1 Å². The second kappa shape index (κ2) is 4.83. The van der Waals surface area contributed by atoms with Crippen LogP contribution in [0.3, 0.4) is 0 Å². The fourth-order valence-corrected chi connectivity index (χ4v) is 1.57. The quantitative estimate of drug-likeness (QED) is 0.641. The number of amides is 3. The van der Waals surface area contributed by atoms with Crippen LogP contribution in [-0.4, -0.2) is 41.2 Å². The Balaban J connectivity index is 2.43. The van der Waals surface area contributed by atoms with E-state index in [0.717, 1.165) is 4.90 Å². The summed E-state index contributed by atoms with van der Waals surface area (Å²) in [5.74, 6) is -0.861. The maximum absolute atomic E-state index is 11.6. The molecule has 0 radical (unpaired) electrons. The van der Waals surface area contributed by atoms with E-state index in [1.165, 1.54) is 7.05 Å². The molecular formula is C11H19N3O3. The maximum Gasteiger partial charge on any atom is 0.252 e. The average molecular weight is 241 g/mol. The number of likely N-dealkylation sites (tertiary alicyclic amines) is 1. The van der Waals surface area contributed by atoms with Crippen molar-refractivity contribution in [2.45, 2.75) is 44.7 Å². The lowest BCUT2D eigenvalue weighted by molar-refractivity contribution is -0.138. The lowest BCUT2D eigenvalue weighted by Crippen LogP contribution is -2.42. The highest BCUT2D eigenvalue weighted by atomic mass is 16.2. The van der Waals surface area contributed by atoms with Gasteiger partial charge in [-0.2, -0.15) is 0 Å². The van der Waals surface area contributed by atoms with Gasteiger partial charge < -0.3 is 11.1 Å². The number of likely N-dealkylation sites (N-methyl/N-ethyl adjacent to an activating group) is 1. The van der Waals surface area contributed by atoms with E-state index < -0.39 is 11.6 Å². The monoisotopic (exact) mass is 241 g/mol.